The Labute approximate surface area is 143 Å². The third-order valence-electron chi connectivity index (χ3n) is 4.02. The number of carbonyl (C=O) groups is 1. The van der Waals surface area contributed by atoms with E-state index in [9.17, 15) is 4.79 Å². The highest BCUT2D eigenvalue weighted by molar-refractivity contribution is 6.67. The van der Waals surface area contributed by atoms with Gasteiger partial charge in [-0.2, -0.15) is 0 Å². The second-order valence-electron chi connectivity index (χ2n) is 6.03. The van der Waals surface area contributed by atoms with E-state index < -0.39 is 5.24 Å². The van der Waals surface area contributed by atoms with E-state index in [1.807, 2.05) is 18.2 Å². The van der Waals surface area contributed by atoms with Gasteiger partial charge in [-0.3, -0.25) is 4.79 Å². The van der Waals surface area contributed by atoms with E-state index in [0.717, 1.165) is 31.2 Å². The molecule has 0 radical (unpaired) electrons. The Morgan fingerprint density at radius 3 is 2.52 bits per heavy atom. The lowest BCUT2D eigenvalue weighted by Gasteiger charge is -2.13. The van der Waals surface area contributed by atoms with Crippen molar-refractivity contribution in [3.8, 4) is 5.75 Å². The molecule has 0 aliphatic rings. The monoisotopic (exact) mass is 330 g/mol. The number of hydrogen-bond acceptors (Lipinski definition) is 2. The summed E-state index contributed by atoms with van der Waals surface area (Å²) < 4.78 is 5.26. The van der Waals surface area contributed by atoms with Gasteiger partial charge in [-0.25, -0.2) is 0 Å². The summed E-state index contributed by atoms with van der Waals surface area (Å²) in [5.74, 6) is 1.23. The fourth-order valence-electron chi connectivity index (χ4n) is 2.81. The van der Waals surface area contributed by atoms with Crippen molar-refractivity contribution in [2.24, 2.45) is 5.92 Å². The second kappa shape index (κ2) is 8.73. The quantitative estimate of drug-likeness (QED) is 0.616. The smallest absolute Gasteiger partial charge is 0.252 e. The van der Waals surface area contributed by atoms with Gasteiger partial charge < -0.3 is 4.74 Å². The Balaban J connectivity index is 1.90. The zero-order valence-electron chi connectivity index (χ0n) is 13.7. The lowest BCUT2D eigenvalue weighted by atomic mass is 9.94. The van der Waals surface area contributed by atoms with Gasteiger partial charge in [-0.1, -0.05) is 43.7 Å². The maximum atomic E-state index is 11.4. The number of methoxy groups -OCH3 is 1. The minimum atomic E-state index is -0.443. The molecule has 0 unspecified atom stereocenters. The average Bonchev–Trinajstić information content (AvgIpc) is 2.55. The van der Waals surface area contributed by atoms with Crippen LogP contribution in [0, 0.1) is 5.92 Å². The standard InChI is InChI=1S/C20H23ClO2/c1-15(7-6-10-16-8-4-3-5-9-16)11-17-12-18(20(21)22)14-19(13-17)23-2/h3-5,8-9,12-15H,6-7,10-11H2,1-2H3/t15-/m0/s1. The van der Waals surface area contributed by atoms with E-state index in [0.29, 0.717) is 17.2 Å². The molecule has 0 aliphatic carbocycles. The van der Waals surface area contributed by atoms with Crippen LogP contribution in [0.3, 0.4) is 0 Å². The molecule has 0 N–H and O–H groups in total. The molecule has 0 heterocycles. The van der Waals surface area contributed by atoms with Crippen molar-refractivity contribution in [3.05, 3.63) is 65.2 Å². The van der Waals surface area contributed by atoms with Crippen LogP contribution in [0.4, 0.5) is 0 Å². The largest absolute Gasteiger partial charge is 0.497 e. The van der Waals surface area contributed by atoms with Gasteiger partial charge in [0.25, 0.3) is 5.24 Å². The molecular formula is C20H23ClO2. The van der Waals surface area contributed by atoms with Gasteiger partial charge in [0.15, 0.2) is 0 Å². The van der Waals surface area contributed by atoms with Gasteiger partial charge in [0, 0.05) is 5.56 Å². The van der Waals surface area contributed by atoms with Crippen LogP contribution in [-0.4, -0.2) is 12.4 Å². The fraction of sp³-hybridized carbons (Fsp3) is 0.350. The van der Waals surface area contributed by atoms with E-state index >= 15 is 0 Å². The summed E-state index contributed by atoms with van der Waals surface area (Å²) in [6.07, 6.45) is 4.34. The normalized spacial score (nSPS) is 12.0. The summed E-state index contributed by atoms with van der Waals surface area (Å²) in [6, 6.07) is 16.1. The lowest BCUT2D eigenvalue weighted by Crippen LogP contribution is -2.03. The van der Waals surface area contributed by atoms with Crippen LogP contribution in [0.1, 0.15) is 41.3 Å². The Morgan fingerprint density at radius 2 is 1.87 bits per heavy atom. The molecule has 2 aromatic rings. The lowest BCUT2D eigenvalue weighted by molar-refractivity contribution is 0.108. The van der Waals surface area contributed by atoms with Crippen LogP contribution in [0.25, 0.3) is 0 Å². The fourth-order valence-corrected chi connectivity index (χ4v) is 2.92. The topological polar surface area (TPSA) is 26.3 Å². The molecule has 2 rings (SSSR count). The third kappa shape index (κ3) is 5.72. The molecule has 2 nitrogen and oxygen atoms in total. The first kappa shape index (κ1) is 17.6. The summed E-state index contributed by atoms with van der Waals surface area (Å²) in [5.41, 5.74) is 2.98. The maximum Gasteiger partial charge on any atom is 0.252 e. The van der Waals surface area contributed by atoms with E-state index in [4.69, 9.17) is 16.3 Å². The SMILES string of the molecule is COc1cc(C[C@@H](C)CCCc2ccccc2)cc(C(=O)Cl)c1. The minimum absolute atomic E-state index is 0.443. The van der Waals surface area contributed by atoms with E-state index in [1.54, 1.807) is 13.2 Å². The molecule has 0 saturated carbocycles. The molecule has 0 fully saturated rings. The molecule has 3 heteroatoms. The number of aryl methyl sites for hydroxylation is 1. The number of hydrogen-bond donors (Lipinski definition) is 0. The number of halogens is 1. The summed E-state index contributed by atoms with van der Waals surface area (Å²) >= 11 is 5.60. The molecule has 122 valence electrons. The van der Waals surface area contributed by atoms with Gasteiger partial charge in [0.1, 0.15) is 5.75 Å². The predicted octanol–water partition coefficient (Wildman–Crippen LogP) is 5.28. The van der Waals surface area contributed by atoms with E-state index in [2.05, 4.69) is 31.2 Å². The van der Waals surface area contributed by atoms with Gasteiger partial charge in [-0.15, -0.1) is 0 Å². The van der Waals surface area contributed by atoms with Crippen molar-refractivity contribution < 1.29 is 9.53 Å². The molecule has 23 heavy (non-hydrogen) atoms. The van der Waals surface area contributed by atoms with Gasteiger partial charge in [-0.05, 0) is 66.1 Å². The van der Waals surface area contributed by atoms with Crippen molar-refractivity contribution in [1.82, 2.24) is 0 Å². The maximum absolute atomic E-state index is 11.4. The van der Waals surface area contributed by atoms with Crippen molar-refractivity contribution in [1.29, 1.82) is 0 Å². The van der Waals surface area contributed by atoms with Gasteiger partial charge in [0.05, 0.1) is 7.11 Å². The molecule has 0 spiro atoms. The first-order chi connectivity index (χ1) is 11.1. The number of ether oxygens (including phenoxy) is 1. The molecule has 1 atom stereocenters. The van der Waals surface area contributed by atoms with Crippen molar-refractivity contribution in [2.45, 2.75) is 32.6 Å². The van der Waals surface area contributed by atoms with Crippen LogP contribution in [0.15, 0.2) is 48.5 Å². The molecule has 0 saturated heterocycles. The van der Waals surface area contributed by atoms with Crippen molar-refractivity contribution >= 4 is 16.8 Å². The molecule has 2 aromatic carbocycles. The second-order valence-corrected chi connectivity index (χ2v) is 6.37. The van der Waals surface area contributed by atoms with E-state index in [-0.39, 0.29) is 0 Å². The van der Waals surface area contributed by atoms with E-state index in [1.165, 1.54) is 5.56 Å². The number of carbonyl (C=O) groups excluding carboxylic acids is 1. The summed E-state index contributed by atoms with van der Waals surface area (Å²) in [7, 11) is 1.60. The Hall–Kier alpha value is -1.80. The summed E-state index contributed by atoms with van der Waals surface area (Å²) in [5, 5.41) is -0.443. The Bertz CT molecular complexity index is 637. The van der Waals surface area contributed by atoms with Crippen molar-refractivity contribution in [2.75, 3.05) is 7.11 Å². The van der Waals surface area contributed by atoms with Crippen LogP contribution in [0.2, 0.25) is 0 Å². The molecule has 0 aromatic heterocycles. The van der Waals surface area contributed by atoms with Crippen LogP contribution < -0.4 is 4.74 Å². The summed E-state index contributed by atoms with van der Waals surface area (Å²) in [6.45, 7) is 2.24. The predicted molar refractivity (Wildman–Crippen MR) is 95.4 cm³/mol. The van der Waals surface area contributed by atoms with Gasteiger partial charge >= 0.3 is 0 Å². The zero-order valence-corrected chi connectivity index (χ0v) is 14.5. The Morgan fingerprint density at radius 1 is 1.13 bits per heavy atom. The number of rotatable bonds is 8. The van der Waals surface area contributed by atoms with Crippen molar-refractivity contribution in [3.63, 3.8) is 0 Å². The highest BCUT2D eigenvalue weighted by Crippen LogP contribution is 2.22. The molecule has 0 aliphatic heterocycles. The number of benzene rings is 2. The zero-order chi connectivity index (χ0) is 16.7. The average molecular weight is 331 g/mol. The third-order valence-corrected chi connectivity index (χ3v) is 4.24. The molecule has 0 amide bonds. The summed E-state index contributed by atoms with van der Waals surface area (Å²) in [4.78, 5) is 11.4. The molecular weight excluding hydrogens is 308 g/mol. The van der Waals surface area contributed by atoms with Crippen LogP contribution >= 0.6 is 11.6 Å². The Kier molecular flexibility index (Phi) is 6.66. The highest BCUT2D eigenvalue weighted by atomic mass is 35.5. The van der Waals surface area contributed by atoms with Crippen LogP contribution in [-0.2, 0) is 12.8 Å². The van der Waals surface area contributed by atoms with Crippen LogP contribution in [0.5, 0.6) is 5.75 Å². The first-order valence-electron chi connectivity index (χ1n) is 8.00. The first-order valence-corrected chi connectivity index (χ1v) is 8.38. The highest BCUT2D eigenvalue weighted by Gasteiger charge is 2.10. The van der Waals surface area contributed by atoms with Gasteiger partial charge in [0.2, 0.25) is 0 Å². The molecule has 0 bridgehead atoms. The minimum Gasteiger partial charge on any atom is -0.497 e.